The van der Waals surface area contributed by atoms with Gasteiger partial charge in [0.2, 0.25) is 0 Å². The van der Waals surface area contributed by atoms with Crippen LogP contribution >= 0.6 is 0 Å². The van der Waals surface area contributed by atoms with Crippen LogP contribution in [0.3, 0.4) is 0 Å². The molecule has 0 radical (unpaired) electrons. The second-order valence-corrected chi connectivity index (χ2v) is 9.69. The SMILES string of the molecule is CCCCCCC=CCCCCCCCCOC(CCOCCCCCCCC)N(C)C. The fourth-order valence-electron chi connectivity index (χ4n) is 3.98. The predicted octanol–water partition coefficient (Wildman–Crippen LogP) is 8.92. The molecule has 0 heterocycles. The smallest absolute Gasteiger partial charge is 0.112 e. The van der Waals surface area contributed by atoms with Gasteiger partial charge < -0.3 is 9.47 Å². The maximum absolute atomic E-state index is 6.12. The molecule has 0 rings (SSSR count). The molecule has 3 nitrogen and oxygen atoms in total. The van der Waals surface area contributed by atoms with Crippen molar-refractivity contribution in [3.8, 4) is 0 Å². The van der Waals surface area contributed by atoms with Crippen LogP contribution in [0.2, 0.25) is 0 Å². The molecule has 0 spiro atoms. The Morgan fingerprint density at radius 3 is 1.59 bits per heavy atom. The molecule has 0 amide bonds. The molecular formula is C29H59NO2. The molecular weight excluding hydrogens is 394 g/mol. The first kappa shape index (κ1) is 31.6. The van der Waals surface area contributed by atoms with Crippen LogP contribution in [-0.4, -0.2) is 45.0 Å². The van der Waals surface area contributed by atoms with E-state index in [1.165, 1.54) is 116 Å². The van der Waals surface area contributed by atoms with Crippen molar-refractivity contribution in [3.05, 3.63) is 12.2 Å². The van der Waals surface area contributed by atoms with Crippen molar-refractivity contribution in [1.82, 2.24) is 4.90 Å². The summed E-state index contributed by atoms with van der Waals surface area (Å²) in [4.78, 5) is 2.19. The van der Waals surface area contributed by atoms with Crippen LogP contribution in [0, 0.1) is 0 Å². The Bertz CT molecular complexity index is 370. The Morgan fingerprint density at radius 1 is 0.562 bits per heavy atom. The fourth-order valence-corrected chi connectivity index (χ4v) is 3.98. The molecule has 0 saturated carbocycles. The minimum atomic E-state index is 0.188. The number of allylic oxidation sites excluding steroid dienone is 2. The van der Waals surface area contributed by atoms with E-state index < -0.39 is 0 Å². The van der Waals surface area contributed by atoms with Crippen LogP contribution in [0.5, 0.6) is 0 Å². The van der Waals surface area contributed by atoms with Crippen LogP contribution < -0.4 is 0 Å². The number of ether oxygens (including phenoxy) is 2. The zero-order chi connectivity index (χ0) is 23.5. The normalized spacial score (nSPS) is 12.9. The molecule has 1 unspecified atom stereocenters. The topological polar surface area (TPSA) is 21.7 Å². The summed E-state index contributed by atoms with van der Waals surface area (Å²) in [7, 11) is 4.22. The van der Waals surface area contributed by atoms with E-state index in [4.69, 9.17) is 9.47 Å². The minimum absolute atomic E-state index is 0.188. The summed E-state index contributed by atoms with van der Waals surface area (Å²) in [6, 6.07) is 0. The van der Waals surface area contributed by atoms with Gasteiger partial charge in [-0.25, -0.2) is 0 Å². The van der Waals surface area contributed by atoms with Gasteiger partial charge in [0.1, 0.15) is 6.23 Å². The Labute approximate surface area is 202 Å². The molecule has 3 heteroatoms. The first-order valence-corrected chi connectivity index (χ1v) is 14.2. The third kappa shape index (κ3) is 24.3. The molecule has 32 heavy (non-hydrogen) atoms. The standard InChI is InChI=1S/C29H59NO2/c1-5-7-9-11-13-14-15-16-17-18-19-20-22-24-27-32-29(30(3)4)25-28-31-26-23-21-12-10-8-6-2/h14-15,29H,5-13,16-28H2,1-4H3. The summed E-state index contributed by atoms with van der Waals surface area (Å²) in [5, 5.41) is 0. The summed E-state index contributed by atoms with van der Waals surface area (Å²) < 4.78 is 12.0. The number of unbranched alkanes of at least 4 members (excludes halogenated alkanes) is 15. The maximum Gasteiger partial charge on any atom is 0.112 e. The number of rotatable bonds is 26. The van der Waals surface area contributed by atoms with Crippen molar-refractivity contribution in [2.45, 2.75) is 142 Å². The fraction of sp³-hybridized carbons (Fsp3) is 0.931. The lowest BCUT2D eigenvalue weighted by Crippen LogP contribution is -2.32. The van der Waals surface area contributed by atoms with Gasteiger partial charge in [-0.3, -0.25) is 4.90 Å². The Kier molecular flexibility index (Phi) is 26.5. The summed E-state index contributed by atoms with van der Waals surface area (Å²) in [5.74, 6) is 0. The Hall–Kier alpha value is -0.380. The molecule has 0 aromatic heterocycles. The summed E-state index contributed by atoms with van der Waals surface area (Å²) in [5.41, 5.74) is 0. The number of nitrogens with zero attached hydrogens (tertiary/aromatic N) is 1. The molecule has 0 aromatic rings. The van der Waals surface area contributed by atoms with Gasteiger partial charge in [-0.2, -0.15) is 0 Å². The molecule has 1 atom stereocenters. The van der Waals surface area contributed by atoms with Gasteiger partial charge in [0.25, 0.3) is 0 Å². The second-order valence-electron chi connectivity index (χ2n) is 9.69. The zero-order valence-corrected chi connectivity index (χ0v) is 22.6. The van der Waals surface area contributed by atoms with Gasteiger partial charge in [-0.1, -0.05) is 103 Å². The average Bonchev–Trinajstić information content (AvgIpc) is 2.78. The van der Waals surface area contributed by atoms with Crippen molar-refractivity contribution in [2.75, 3.05) is 33.9 Å². The van der Waals surface area contributed by atoms with Crippen LogP contribution in [-0.2, 0) is 9.47 Å². The lowest BCUT2D eigenvalue weighted by Gasteiger charge is -2.24. The van der Waals surface area contributed by atoms with Gasteiger partial charge in [0.05, 0.1) is 6.61 Å². The van der Waals surface area contributed by atoms with Crippen molar-refractivity contribution in [1.29, 1.82) is 0 Å². The lowest BCUT2D eigenvalue weighted by molar-refractivity contribution is -0.0560. The van der Waals surface area contributed by atoms with Crippen molar-refractivity contribution in [2.24, 2.45) is 0 Å². The highest BCUT2D eigenvalue weighted by atomic mass is 16.5. The van der Waals surface area contributed by atoms with Crippen molar-refractivity contribution < 1.29 is 9.47 Å². The molecule has 0 aliphatic rings. The highest BCUT2D eigenvalue weighted by Crippen LogP contribution is 2.11. The average molecular weight is 454 g/mol. The molecule has 0 aliphatic carbocycles. The van der Waals surface area contributed by atoms with E-state index in [2.05, 4.69) is 45.0 Å². The Balaban J connectivity index is 3.44. The van der Waals surface area contributed by atoms with Gasteiger partial charge in [0.15, 0.2) is 0 Å². The molecule has 0 aliphatic heterocycles. The molecule has 0 N–H and O–H groups in total. The molecule has 0 bridgehead atoms. The predicted molar refractivity (Wildman–Crippen MR) is 142 cm³/mol. The lowest BCUT2D eigenvalue weighted by atomic mass is 10.1. The van der Waals surface area contributed by atoms with Crippen LogP contribution in [0.1, 0.15) is 136 Å². The van der Waals surface area contributed by atoms with Gasteiger partial charge in [-0.05, 0) is 52.6 Å². The third-order valence-electron chi connectivity index (χ3n) is 6.19. The van der Waals surface area contributed by atoms with E-state index in [9.17, 15) is 0 Å². The van der Waals surface area contributed by atoms with E-state index in [0.29, 0.717) is 0 Å². The largest absolute Gasteiger partial charge is 0.381 e. The first-order valence-electron chi connectivity index (χ1n) is 14.2. The van der Waals surface area contributed by atoms with Crippen LogP contribution in [0.15, 0.2) is 12.2 Å². The monoisotopic (exact) mass is 453 g/mol. The molecule has 192 valence electrons. The Morgan fingerprint density at radius 2 is 1.03 bits per heavy atom. The van der Waals surface area contributed by atoms with Crippen molar-refractivity contribution >= 4 is 0 Å². The van der Waals surface area contributed by atoms with E-state index in [-0.39, 0.29) is 6.23 Å². The molecule has 0 aromatic carbocycles. The molecule has 0 saturated heterocycles. The number of hydrogen-bond acceptors (Lipinski definition) is 3. The van der Waals surface area contributed by atoms with E-state index in [1.807, 2.05) is 0 Å². The summed E-state index contributed by atoms with van der Waals surface area (Å²) in [6.07, 6.45) is 29.8. The van der Waals surface area contributed by atoms with E-state index in [0.717, 1.165) is 26.2 Å². The number of hydrogen-bond donors (Lipinski definition) is 0. The minimum Gasteiger partial charge on any atom is -0.381 e. The van der Waals surface area contributed by atoms with Gasteiger partial charge in [0, 0.05) is 19.6 Å². The quantitative estimate of drug-likeness (QED) is 0.0741. The summed E-state index contributed by atoms with van der Waals surface area (Å²) >= 11 is 0. The van der Waals surface area contributed by atoms with E-state index in [1.54, 1.807) is 0 Å². The van der Waals surface area contributed by atoms with E-state index >= 15 is 0 Å². The second kappa shape index (κ2) is 26.9. The van der Waals surface area contributed by atoms with Crippen LogP contribution in [0.25, 0.3) is 0 Å². The first-order chi connectivity index (χ1) is 15.7. The zero-order valence-electron chi connectivity index (χ0n) is 22.6. The molecule has 0 fully saturated rings. The third-order valence-corrected chi connectivity index (χ3v) is 6.19. The van der Waals surface area contributed by atoms with Gasteiger partial charge in [-0.15, -0.1) is 0 Å². The maximum atomic E-state index is 6.12. The summed E-state index contributed by atoms with van der Waals surface area (Å²) in [6.45, 7) is 7.13. The van der Waals surface area contributed by atoms with Gasteiger partial charge >= 0.3 is 0 Å². The van der Waals surface area contributed by atoms with Crippen molar-refractivity contribution in [3.63, 3.8) is 0 Å². The highest BCUT2D eigenvalue weighted by Gasteiger charge is 2.11. The highest BCUT2D eigenvalue weighted by molar-refractivity contribution is 4.81. The van der Waals surface area contributed by atoms with Crippen LogP contribution in [0.4, 0.5) is 0 Å².